The lowest BCUT2D eigenvalue weighted by Gasteiger charge is -2.30. The highest BCUT2D eigenvalue weighted by Gasteiger charge is 2.13. The highest BCUT2D eigenvalue weighted by molar-refractivity contribution is 7.80. The van der Waals surface area contributed by atoms with Gasteiger partial charge in [0.2, 0.25) is 0 Å². The summed E-state index contributed by atoms with van der Waals surface area (Å²) in [4.78, 5) is 18.7. The van der Waals surface area contributed by atoms with Crippen LogP contribution in [0.4, 0.5) is 0 Å². The number of carbonyl (C=O) groups is 1. The van der Waals surface area contributed by atoms with Gasteiger partial charge in [0.15, 0.2) is 0 Å². The topological polar surface area (TPSA) is 71.2 Å². The first-order chi connectivity index (χ1) is 9.82. The van der Waals surface area contributed by atoms with Crippen LogP contribution in [0.3, 0.4) is 0 Å². The van der Waals surface area contributed by atoms with E-state index in [4.69, 9.17) is 18.0 Å². The number of hydrogen-bond acceptors (Lipinski definition) is 4. The van der Waals surface area contributed by atoms with Gasteiger partial charge in [0, 0.05) is 36.9 Å². The predicted octanol–water partition coefficient (Wildman–Crippen LogP) is 1.56. The molecule has 21 heavy (non-hydrogen) atoms. The smallest absolute Gasteiger partial charge is 0.269 e. The number of thiocarbonyl (C=S) groups is 1. The average molecular weight is 308 g/mol. The molecule has 1 aromatic rings. The van der Waals surface area contributed by atoms with Crippen LogP contribution >= 0.6 is 12.2 Å². The van der Waals surface area contributed by atoms with Gasteiger partial charge in [-0.2, -0.15) is 0 Å². The van der Waals surface area contributed by atoms with Crippen LogP contribution in [0.5, 0.6) is 0 Å². The van der Waals surface area contributed by atoms with Gasteiger partial charge in [-0.3, -0.25) is 14.7 Å². The Morgan fingerprint density at radius 1 is 1.33 bits per heavy atom. The molecule has 0 saturated heterocycles. The van der Waals surface area contributed by atoms with Gasteiger partial charge in [0.25, 0.3) is 5.91 Å². The third-order valence-electron chi connectivity index (χ3n) is 3.26. The van der Waals surface area contributed by atoms with E-state index < -0.39 is 0 Å². The maximum absolute atomic E-state index is 12.0. The zero-order valence-electron chi connectivity index (χ0n) is 13.1. The van der Waals surface area contributed by atoms with Crippen LogP contribution in [-0.2, 0) is 0 Å². The van der Waals surface area contributed by atoms with Gasteiger partial charge in [-0.05, 0) is 39.8 Å². The minimum absolute atomic E-state index is 0.183. The fourth-order valence-electron chi connectivity index (χ4n) is 2.18. The van der Waals surface area contributed by atoms with Crippen LogP contribution in [0.2, 0.25) is 0 Å². The molecule has 0 spiro atoms. The quantitative estimate of drug-likeness (QED) is 0.748. The largest absolute Gasteiger partial charge is 0.389 e. The molecule has 1 heterocycles. The number of carbonyl (C=O) groups excluding carboxylic acids is 1. The van der Waals surface area contributed by atoms with E-state index in [-0.39, 0.29) is 10.9 Å². The molecule has 1 rings (SSSR count). The molecule has 116 valence electrons. The van der Waals surface area contributed by atoms with Gasteiger partial charge in [-0.25, -0.2) is 0 Å². The Hall–Kier alpha value is -1.53. The van der Waals surface area contributed by atoms with E-state index in [0.717, 1.165) is 6.54 Å². The number of aromatic nitrogens is 1. The summed E-state index contributed by atoms with van der Waals surface area (Å²) in [5.74, 6) is -0.183. The molecule has 0 bridgehead atoms. The van der Waals surface area contributed by atoms with Crippen molar-refractivity contribution in [2.75, 3.05) is 13.1 Å². The Kier molecular flexibility index (Phi) is 6.71. The van der Waals surface area contributed by atoms with Crippen molar-refractivity contribution in [1.82, 2.24) is 15.2 Å². The van der Waals surface area contributed by atoms with Gasteiger partial charge in [-0.15, -0.1) is 0 Å². The number of amides is 1. The molecular weight excluding hydrogens is 284 g/mol. The molecule has 0 aromatic carbocycles. The minimum Gasteiger partial charge on any atom is -0.389 e. The Bertz CT molecular complexity index is 477. The standard InChI is InChI=1S/C15H24N4OS/c1-10(2)19(11(3)4)8-7-17-15(20)13-6-5-12(9-18-13)14(16)21/h5-6,9-11H,7-8H2,1-4H3,(H2,16,21)(H,17,20). The normalized spacial score (nSPS) is 11.2. The molecule has 0 atom stereocenters. The van der Waals surface area contributed by atoms with Crippen LogP contribution in [-0.4, -0.2) is 46.0 Å². The average Bonchev–Trinajstić information content (AvgIpc) is 2.42. The second-order valence-electron chi connectivity index (χ2n) is 5.48. The molecule has 0 aliphatic heterocycles. The van der Waals surface area contributed by atoms with Crippen LogP contribution < -0.4 is 11.1 Å². The molecule has 1 amide bonds. The second kappa shape index (κ2) is 8.05. The molecule has 0 radical (unpaired) electrons. The predicted molar refractivity (Wildman–Crippen MR) is 89.4 cm³/mol. The van der Waals surface area contributed by atoms with Crippen LogP contribution in [0, 0.1) is 0 Å². The second-order valence-corrected chi connectivity index (χ2v) is 5.92. The number of nitrogens with two attached hydrogens (primary N) is 1. The molecule has 0 aliphatic carbocycles. The highest BCUT2D eigenvalue weighted by Crippen LogP contribution is 2.04. The summed E-state index contributed by atoms with van der Waals surface area (Å²) in [6.07, 6.45) is 1.52. The van der Waals surface area contributed by atoms with Gasteiger partial charge >= 0.3 is 0 Å². The SMILES string of the molecule is CC(C)N(CCNC(=O)c1ccc(C(N)=S)cn1)C(C)C. The lowest BCUT2D eigenvalue weighted by Crippen LogP contribution is -2.42. The maximum Gasteiger partial charge on any atom is 0.269 e. The van der Waals surface area contributed by atoms with Gasteiger partial charge in [0.05, 0.1) is 0 Å². The molecule has 0 aliphatic rings. The lowest BCUT2D eigenvalue weighted by atomic mass is 10.2. The van der Waals surface area contributed by atoms with E-state index in [1.165, 1.54) is 6.20 Å². The first kappa shape index (κ1) is 17.5. The molecular formula is C15H24N4OS. The molecule has 3 N–H and O–H groups in total. The summed E-state index contributed by atoms with van der Waals surface area (Å²) < 4.78 is 0. The number of pyridine rings is 1. The summed E-state index contributed by atoms with van der Waals surface area (Å²) in [6, 6.07) is 4.24. The van der Waals surface area contributed by atoms with E-state index in [2.05, 4.69) is 42.9 Å². The maximum atomic E-state index is 12.0. The Morgan fingerprint density at radius 2 is 1.95 bits per heavy atom. The molecule has 6 heteroatoms. The number of nitrogens with zero attached hydrogens (tertiary/aromatic N) is 2. The van der Waals surface area contributed by atoms with Crippen LogP contribution in [0.15, 0.2) is 18.3 Å². The van der Waals surface area contributed by atoms with Crippen molar-refractivity contribution in [2.45, 2.75) is 39.8 Å². The summed E-state index contributed by atoms with van der Waals surface area (Å²) in [6.45, 7) is 10.0. The fraction of sp³-hybridized carbons (Fsp3) is 0.533. The summed E-state index contributed by atoms with van der Waals surface area (Å²) in [5, 5.41) is 2.88. The summed E-state index contributed by atoms with van der Waals surface area (Å²) in [5.41, 5.74) is 6.53. The first-order valence-corrected chi connectivity index (χ1v) is 7.53. The summed E-state index contributed by atoms with van der Waals surface area (Å²) in [7, 11) is 0. The highest BCUT2D eigenvalue weighted by atomic mass is 32.1. The van der Waals surface area contributed by atoms with E-state index in [0.29, 0.717) is 29.9 Å². The Balaban J connectivity index is 2.52. The van der Waals surface area contributed by atoms with Crippen molar-refractivity contribution in [3.8, 4) is 0 Å². The molecule has 0 saturated carbocycles. The third kappa shape index (κ3) is 5.40. The monoisotopic (exact) mass is 308 g/mol. The zero-order chi connectivity index (χ0) is 16.0. The number of hydrogen-bond donors (Lipinski definition) is 2. The Labute approximate surface area is 131 Å². The Morgan fingerprint density at radius 3 is 2.38 bits per heavy atom. The molecule has 0 unspecified atom stereocenters. The van der Waals surface area contributed by atoms with Crippen molar-refractivity contribution in [3.05, 3.63) is 29.6 Å². The van der Waals surface area contributed by atoms with Crippen LogP contribution in [0.25, 0.3) is 0 Å². The molecule has 0 fully saturated rings. The molecule has 5 nitrogen and oxygen atoms in total. The van der Waals surface area contributed by atoms with Gasteiger partial charge in [0.1, 0.15) is 10.7 Å². The zero-order valence-corrected chi connectivity index (χ0v) is 13.9. The van der Waals surface area contributed by atoms with Crippen molar-refractivity contribution < 1.29 is 4.79 Å². The van der Waals surface area contributed by atoms with Crippen molar-refractivity contribution in [3.63, 3.8) is 0 Å². The van der Waals surface area contributed by atoms with E-state index in [1.807, 2.05) is 0 Å². The van der Waals surface area contributed by atoms with Gasteiger partial charge in [-0.1, -0.05) is 12.2 Å². The summed E-state index contributed by atoms with van der Waals surface area (Å²) >= 11 is 4.85. The fourth-order valence-corrected chi connectivity index (χ4v) is 2.30. The van der Waals surface area contributed by atoms with Gasteiger partial charge < -0.3 is 11.1 Å². The van der Waals surface area contributed by atoms with Crippen molar-refractivity contribution in [1.29, 1.82) is 0 Å². The number of nitrogens with one attached hydrogen (secondary N) is 1. The first-order valence-electron chi connectivity index (χ1n) is 7.12. The number of rotatable bonds is 7. The lowest BCUT2D eigenvalue weighted by molar-refractivity contribution is 0.0934. The van der Waals surface area contributed by atoms with E-state index >= 15 is 0 Å². The van der Waals surface area contributed by atoms with Crippen molar-refractivity contribution in [2.24, 2.45) is 5.73 Å². The minimum atomic E-state index is -0.183. The third-order valence-corrected chi connectivity index (χ3v) is 3.50. The van der Waals surface area contributed by atoms with E-state index in [1.54, 1.807) is 12.1 Å². The van der Waals surface area contributed by atoms with E-state index in [9.17, 15) is 4.79 Å². The molecule has 1 aromatic heterocycles. The van der Waals surface area contributed by atoms with Crippen LogP contribution in [0.1, 0.15) is 43.7 Å². The van der Waals surface area contributed by atoms with Crippen molar-refractivity contribution >= 4 is 23.1 Å².